The average Bonchev–Trinajstić information content (AvgIpc) is 3.42. The van der Waals surface area contributed by atoms with Crippen LogP contribution in [0.15, 0.2) is 53.1 Å². The quantitative estimate of drug-likeness (QED) is 0.465. The zero-order valence-electron chi connectivity index (χ0n) is 16.4. The maximum atomic E-state index is 13.6. The molecule has 9 nitrogen and oxygen atoms in total. The number of aromatic nitrogens is 4. The number of carbonyl (C=O) groups excluding carboxylic acids is 2. The molecule has 0 saturated carbocycles. The third-order valence-corrected chi connectivity index (χ3v) is 4.21. The summed E-state index contributed by atoms with van der Waals surface area (Å²) in [6.45, 7) is 1.83. The normalized spacial score (nSPS) is 11.5. The minimum atomic E-state index is -4.79. The number of alkyl halides is 3. The van der Waals surface area contributed by atoms with Crippen molar-refractivity contribution in [1.82, 2.24) is 19.6 Å². The van der Waals surface area contributed by atoms with Crippen molar-refractivity contribution >= 4 is 23.3 Å². The van der Waals surface area contributed by atoms with Crippen LogP contribution in [0.1, 0.15) is 33.6 Å². The molecule has 1 aromatic carbocycles. The SMILES string of the molecule is CCOC(=O)c1cccc(NC(=O)c2nc3nc(-c4ccco4)cc(C(F)(F)F)n3n2)c1. The van der Waals surface area contributed by atoms with Crippen molar-refractivity contribution in [3.8, 4) is 11.5 Å². The van der Waals surface area contributed by atoms with Gasteiger partial charge in [-0.15, -0.1) is 5.10 Å². The van der Waals surface area contributed by atoms with Crippen molar-refractivity contribution in [2.45, 2.75) is 13.1 Å². The number of hydrogen-bond donors (Lipinski definition) is 1. The van der Waals surface area contributed by atoms with Crippen LogP contribution < -0.4 is 5.32 Å². The van der Waals surface area contributed by atoms with Crippen LogP contribution in [0.25, 0.3) is 17.2 Å². The Morgan fingerprint density at radius 2 is 1.97 bits per heavy atom. The summed E-state index contributed by atoms with van der Waals surface area (Å²) < 4.78 is 51.2. The first-order valence-corrected chi connectivity index (χ1v) is 9.23. The minimum absolute atomic E-state index is 0.0998. The van der Waals surface area contributed by atoms with Gasteiger partial charge in [0.15, 0.2) is 11.5 Å². The number of hydrogen-bond acceptors (Lipinski definition) is 7. The molecule has 164 valence electrons. The second kappa shape index (κ2) is 8.13. The van der Waals surface area contributed by atoms with Gasteiger partial charge in [-0.3, -0.25) is 4.79 Å². The zero-order chi connectivity index (χ0) is 22.9. The lowest BCUT2D eigenvalue weighted by molar-refractivity contribution is -0.142. The van der Waals surface area contributed by atoms with Crippen LogP contribution in [0.2, 0.25) is 0 Å². The summed E-state index contributed by atoms with van der Waals surface area (Å²) in [5.74, 6) is -2.34. The van der Waals surface area contributed by atoms with E-state index < -0.39 is 35.3 Å². The van der Waals surface area contributed by atoms with E-state index >= 15 is 0 Å². The minimum Gasteiger partial charge on any atom is -0.463 e. The van der Waals surface area contributed by atoms with E-state index in [-0.39, 0.29) is 29.3 Å². The molecule has 0 aliphatic carbocycles. The molecule has 3 aromatic heterocycles. The topological polar surface area (TPSA) is 112 Å². The molecule has 0 fully saturated rings. The second-order valence-electron chi connectivity index (χ2n) is 6.40. The molecule has 0 aliphatic heterocycles. The van der Waals surface area contributed by atoms with Gasteiger partial charge in [0.1, 0.15) is 5.69 Å². The van der Waals surface area contributed by atoms with Gasteiger partial charge in [-0.2, -0.15) is 22.7 Å². The Morgan fingerprint density at radius 1 is 1.16 bits per heavy atom. The molecule has 12 heteroatoms. The highest BCUT2D eigenvalue weighted by Gasteiger charge is 2.36. The van der Waals surface area contributed by atoms with Crippen molar-refractivity contribution in [2.75, 3.05) is 11.9 Å². The number of fused-ring (bicyclic) bond motifs is 1. The Balaban J connectivity index is 1.69. The van der Waals surface area contributed by atoms with Gasteiger partial charge in [0, 0.05) is 5.69 Å². The molecule has 4 rings (SSSR count). The number of benzene rings is 1. The van der Waals surface area contributed by atoms with Crippen LogP contribution in [-0.2, 0) is 10.9 Å². The van der Waals surface area contributed by atoms with E-state index in [1.165, 1.54) is 42.7 Å². The summed E-state index contributed by atoms with van der Waals surface area (Å²) in [5.41, 5.74) is -0.891. The molecule has 0 unspecified atom stereocenters. The lowest BCUT2D eigenvalue weighted by Gasteiger charge is -2.09. The standard InChI is InChI=1S/C20H14F3N5O4/c1-2-31-18(30)11-5-3-6-12(9-11)24-17(29)16-26-19-25-13(14-7-4-8-32-14)10-15(20(21,22)23)28(19)27-16/h3-10H,2H2,1H3,(H,24,29). The van der Waals surface area contributed by atoms with Crippen molar-refractivity contribution < 1.29 is 31.9 Å². The Bertz CT molecular complexity index is 1300. The first-order chi connectivity index (χ1) is 15.3. The van der Waals surface area contributed by atoms with Gasteiger partial charge in [0.2, 0.25) is 5.82 Å². The molecule has 0 saturated heterocycles. The number of ether oxygens (including phenoxy) is 1. The summed E-state index contributed by atoms with van der Waals surface area (Å²) in [5, 5.41) is 6.12. The molecular weight excluding hydrogens is 431 g/mol. The Labute approximate surface area is 177 Å². The van der Waals surface area contributed by atoms with Gasteiger partial charge in [0.05, 0.1) is 18.4 Å². The van der Waals surface area contributed by atoms with E-state index in [1.807, 2.05) is 0 Å². The first kappa shape index (κ1) is 21.0. The molecular formula is C20H14F3N5O4. The van der Waals surface area contributed by atoms with Crippen molar-refractivity contribution in [3.63, 3.8) is 0 Å². The molecule has 32 heavy (non-hydrogen) atoms. The van der Waals surface area contributed by atoms with E-state index in [9.17, 15) is 22.8 Å². The van der Waals surface area contributed by atoms with Crippen LogP contribution in [-0.4, -0.2) is 38.1 Å². The molecule has 3 heterocycles. The monoisotopic (exact) mass is 445 g/mol. The van der Waals surface area contributed by atoms with Crippen molar-refractivity contribution in [2.24, 2.45) is 0 Å². The van der Waals surface area contributed by atoms with Gasteiger partial charge < -0.3 is 14.5 Å². The fraction of sp³-hybridized carbons (Fsp3) is 0.150. The van der Waals surface area contributed by atoms with Crippen LogP contribution in [0.3, 0.4) is 0 Å². The Kier molecular flexibility index (Phi) is 5.34. The van der Waals surface area contributed by atoms with Gasteiger partial charge in [-0.05, 0) is 43.3 Å². The molecule has 0 aliphatic rings. The van der Waals surface area contributed by atoms with E-state index in [2.05, 4.69) is 20.4 Å². The number of anilines is 1. The number of esters is 1. The highest BCUT2D eigenvalue weighted by Crippen LogP contribution is 2.32. The summed E-state index contributed by atoms with van der Waals surface area (Å²) in [7, 11) is 0. The first-order valence-electron chi connectivity index (χ1n) is 9.23. The largest absolute Gasteiger partial charge is 0.463 e. The van der Waals surface area contributed by atoms with Gasteiger partial charge in [-0.1, -0.05) is 6.07 Å². The van der Waals surface area contributed by atoms with E-state index in [0.717, 1.165) is 6.07 Å². The van der Waals surface area contributed by atoms with Crippen LogP contribution in [0.5, 0.6) is 0 Å². The van der Waals surface area contributed by atoms with E-state index in [1.54, 1.807) is 6.92 Å². The third kappa shape index (κ3) is 4.15. The lowest BCUT2D eigenvalue weighted by atomic mass is 10.2. The maximum Gasteiger partial charge on any atom is 0.433 e. The molecule has 4 aromatic rings. The highest BCUT2D eigenvalue weighted by atomic mass is 19.4. The number of nitrogens with zero attached hydrogens (tertiary/aromatic N) is 4. The van der Waals surface area contributed by atoms with Crippen LogP contribution >= 0.6 is 0 Å². The van der Waals surface area contributed by atoms with Crippen LogP contribution in [0.4, 0.5) is 18.9 Å². The van der Waals surface area contributed by atoms with E-state index in [0.29, 0.717) is 4.52 Å². The Morgan fingerprint density at radius 3 is 2.66 bits per heavy atom. The van der Waals surface area contributed by atoms with Crippen molar-refractivity contribution in [1.29, 1.82) is 0 Å². The fourth-order valence-corrected chi connectivity index (χ4v) is 2.84. The number of furan rings is 1. The number of nitrogens with one attached hydrogen (secondary N) is 1. The zero-order valence-corrected chi connectivity index (χ0v) is 16.4. The number of halogens is 3. The summed E-state index contributed by atoms with van der Waals surface area (Å²) in [6, 6.07) is 9.56. The lowest BCUT2D eigenvalue weighted by Crippen LogP contribution is -2.16. The number of carbonyl (C=O) groups is 2. The number of amides is 1. The van der Waals surface area contributed by atoms with Crippen molar-refractivity contribution in [3.05, 3.63) is 65.8 Å². The molecule has 0 spiro atoms. The average molecular weight is 445 g/mol. The van der Waals surface area contributed by atoms with E-state index in [4.69, 9.17) is 9.15 Å². The second-order valence-corrected chi connectivity index (χ2v) is 6.40. The summed E-state index contributed by atoms with van der Waals surface area (Å²) >= 11 is 0. The maximum absolute atomic E-state index is 13.6. The number of rotatable bonds is 5. The van der Waals surface area contributed by atoms with Gasteiger partial charge >= 0.3 is 12.1 Å². The predicted molar refractivity (Wildman–Crippen MR) is 104 cm³/mol. The molecule has 1 N–H and O–H groups in total. The fourth-order valence-electron chi connectivity index (χ4n) is 2.84. The summed E-state index contributed by atoms with van der Waals surface area (Å²) in [6.07, 6.45) is -3.50. The smallest absolute Gasteiger partial charge is 0.433 e. The Hall–Kier alpha value is -4.22. The summed E-state index contributed by atoms with van der Waals surface area (Å²) in [4.78, 5) is 32.3. The highest BCUT2D eigenvalue weighted by molar-refractivity contribution is 6.02. The predicted octanol–water partition coefficient (Wildman–Crippen LogP) is 3.83. The van der Waals surface area contributed by atoms with Crippen LogP contribution in [0, 0.1) is 0 Å². The molecule has 0 bridgehead atoms. The molecule has 0 atom stereocenters. The molecule has 0 radical (unpaired) electrons. The third-order valence-electron chi connectivity index (χ3n) is 4.21. The van der Waals surface area contributed by atoms with Gasteiger partial charge in [0.25, 0.3) is 11.7 Å². The van der Waals surface area contributed by atoms with Gasteiger partial charge in [-0.25, -0.2) is 9.78 Å². The molecule has 1 amide bonds.